The highest BCUT2D eigenvalue weighted by Crippen LogP contribution is 2.29. The molecule has 0 atom stereocenters. The van der Waals surface area contributed by atoms with Crippen molar-refractivity contribution in [1.29, 1.82) is 0 Å². The van der Waals surface area contributed by atoms with E-state index in [1.54, 1.807) is 6.07 Å². The summed E-state index contributed by atoms with van der Waals surface area (Å²) in [5.74, 6) is -0.258. The molecule has 2 heterocycles. The van der Waals surface area contributed by atoms with Crippen LogP contribution in [-0.2, 0) is 0 Å². The summed E-state index contributed by atoms with van der Waals surface area (Å²) < 4.78 is 13.3. The summed E-state index contributed by atoms with van der Waals surface area (Å²) >= 11 is 1.52. The number of halogens is 1. The zero-order valence-electron chi connectivity index (χ0n) is 14.7. The molecule has 0 unspecified atom stereocenters. The SMILES string of the molecule is CN1CCN(c2ccc(-c3csc(Nc4cccc(F)c4)n3)cc2)CC1. The van der Waals surface area contributed by atoms with E-state index in [-0.39, 0.29) is 5.82 Å². The molecule has 1 aliphatic rings. The van der Waals surface area contributed by atoms with Gasteiger partial charge < -0.3 is 15.1 Å². The van der Waals surface area contributed by atoms with Gasteiger partial charge in [0, 0.05) is 48.5 Å². The van der Waals surface area contributed by atoms with Gasteiger partial charge in [-0.3, -0.25) is 0 Å². The average molecular weight is 368 g/mol. The molecule has 1 fully saturated rings. The number of nitrogens with one attached hydrogen (secondary N) is 1. The lowest BCUT2D eigenvalue weighted by Gasteiger charge is -2.34. The summed E-state index contributed by atoms with van der Waals surface area (Å²) in [7, 11) is 2.16. The van der Waals surface area contributed by atoms with E-state index >= 15 is 0 Å². The molecular weight excluding hydrogens is 347 g/mol. The average Bonchev–Trinajstić information content (AvgIpc) is 3.11. The van der Waals surface area contributed by atoms with Gasteiger partial charge in [-0.2, -0.15) is 0 Å². The van der Waals surface area contributed by atoms with E-state index in [1.165, 1.54) is 29.2 Å². The van der Waals surface area contributed by atoms with E-state index in [0.29, 0.717) is 5.69 Å². The smallest absolute Gasteiger partial charge is 0.187 e. The minimum atomic E-state index is -0.258. The lowest BCUT2D eigenvalue weighted by atomic mass is 10.1. The minimum absolute atomic E-state index is 0.258. The number of aromatic nitrogens is 1. The number of nitrogens with zero attached hydrogens (tertiary/aromatic N) is 3. The van der Waals surface area contributed by atoms with Crippen molar-refractivity contribution < 1.29 is 4.39 Å². The van der Waals surface area contributed by atoms with Crippen LogP contribution in [0.4, 0.5) is 20.9 Å². The Morgan fingerprint density at radius 1 is 1.04 bits per heavy atom. The molecule has 0 saturated carbocycles. The third-order valence-corrected chi connectivity index (χ3v) is 5.37. The van der Waals surface area contributed by atoms with Crippen LogP contribution in [0.1, 0.15) is 0 Å². The molecule has 0 bridgehead atoms. The zero-order valence-corrected chi connectivity index (χ0v) is 15.5. The van der Waals surface area contributed by atoms with E-state index in [0.717, 1.165) is 42.6 Å². The molecule has 3 aromatic rings. The summed E-state index contributed by atoms with van der Waals surface area (Å²) in [6.07, 6.45) is 0. The van der Waals surface area contributed by atoms with Crippen molar-refractivity contribution in [3.63, 3.8) is 0 Å². The van der Waals surface area contributed by atoms with Crippen LogP contribution in [-0.4, -0.2) is 43.1 Å². The first kappa shape index (κ1) is 17.0. The Bertz CT molecular complexity index is 870. The van der Waals surface area contributed by atoms with Crippen LogP contribution in [0.25, 0.3) is 11.3 Å². The largest absolute Gasteiger partial charge is 0.369 e. The molecule has 2 aromatic carbocycles. The standard InChI is InChI=1S/C20H21FN4S/c1-24-9-11-25(12-10-24)18-7-5-15(6-8-18)19-14-26-20(23-19)22-17-4-2-3-16(21)13-17/h2-8,13-14H,9-12H2,1H3,(H,22,23). The number of hydrogen-bond donors (Lipinski definition) is 1. The maximum atomic E-state index is 13.3. The number of rotatable bonds is 4. The molecule has 134 valence electrons. The van der Waals surface area contributed by atoms with Gasteiger partial charge in [0.2, 0.25) is 0 Å². The summed E-state index contributed by atoms with van der Waals surface area (Å²) in [5, 5.41) is 5.94. The maximum absolute atomic E-state index is 13.3. The Labute approximate surface area is 156 Å². The summed E-state index contributed by atoms with van der Waals surface area (Å²) in [6, 6.07) is 15.0. The monoisotopic (exact) mass is 368 g/mol. The van der Waals surface area contributed by atoms with Crippen LogP contribution in [0, 0.1) is 5.82 Å². The van der Waals surface area contributed by atoms with Gasteiger partial charge in [0.1, 0.15) is 5.82 Å². The number of anilines is 3. The Morgan fingerprint density at radius 3 is 2.54 bits per heavy atom. The highest BCUT2D eigenvalue weighted by Gasteiger charge is 2.14. The minimum Gasteiger partial charge on any atom is -0.369 e. The van der Waals surface area contributed by atoms with Gasteiger partial charge >= 0.3 is 0 Å². The Hall–Kier alpha value is -2.44. The molecule has 1 aromatic heterocycles. The molecule has 0 spiro atoms. The number of benzene rings is 2. The quantitative estimate of drug-likeness (QED) is 0.737. The fourth-order valence-corrected chi connectivity index (χ4v) is 3.80. The van der Waals surface area contributed by atoms with Gasteiger partial charge in [-0.05, 0) is 37.4 Å². The normalized spacial score (nSPS) is 15.2. The van der Waals surface area contributed by atoms with Gasteiger partial charge in [0.05, 0.1) is 5.69 Å². The van der Waals surface area contributed by atoms with Crippen molar-refractivity contribution in [2.75, 3.05) is 43.4 Å². The molecular formula is C20H21FN4S. The maximum Gasteiger partial charge on any atom is 0.187 e. The van der Waals surface area contributed by atoms with Gasteiger partial charge in [-0.15, -0.1) is 11.3 Å². The van der Waals surface area contributed by atoms with Crippen LogP contribution in [0.15, 0.2) is 53.9 Å². The third kappa shape index (κ3) is 3.86. The predicted octanol–water partition coefficient (Wildman–Crippen LogP) is 4.44. The molecule has 4 nitrogen and oxygen atoms in total. The van der Waals surface area contributed by atoms with Crippen LogP contribution in [0.2, 0.25) is 0 Å². The lowest BCUT2D eigenvalue weighted by molar-refractivity contribution is 0.313. The number of hydrogen-bond acceptors (Lipinski definition) is 5. The summed E-state index contributed by atoms with van der Waals surface area (Å²) in [4.78, 5) is 9.40. The summed E-state index contributed by atoms with van der Waals surface area (Å²) in [5.41, 5.74) is 3.98. The van der Waals surface area contributed by atoms with E-state index in [4.69, 9.17) is 0 Å². The van der Waals surface area contributed by atoms with Crippen molar-refractivity contribution >= 4 is 27.8 Å². The van der Waals surface area contributed by atoms with Gasteiger partial charge in [0.25, 0.3) is 0 Å². The Balaban J connectivity index is 1.45. The first-order valence-corrected chi connectivity index (χ1v) is 9.57. The molecule has 0 aliphatic carbocycles. The first-order valence-electron chi connectivity index (χ1n) is 8.69. The molecule has 4 rings (SSSR count). The van der Waals surface area contributed by atoms with Crippen molar-refractivity contribution in [2.24, 2.45) is 0 Å². The second kappa shape index (κ2) is 7.43. The molecule has 0 amide bonds. The Morgan fingerprint density at radius 2 is 1.81 bits per heavy atom. The van der Waals surface area contributed by atoms with E-state index < -0.39 is 0 Å². The second-order valence-electron chi connectivity index (χ2n) is 6.51. The van der Waals surface area contributed by atoms with Crippen LogP contribution < -0.4 is 10.2 Å². The predicted molar refractivity (Wildman–Crippen MR) is 107 cm³/mol. The number of piperazine rings is 1. The van der Waals surface area contributed by atoms with Gasteiger partial charge in [-0.1, -0.05) is 18.2 Å². The van der Waals surface area contributed by atoms with Crippen molar-refractivity contribution in [3.8, 4) is 11.3 Å². The van der Waals surface area contributed by atoms with Crippen molar-refractivity contribution in [2.45, 2.75) is 0 Å². The lowest BCUT2D eigenvalue weighted by Crippen LogP contribution is -2.44. The third-order valence-electron chi connectivity index (χ3n) is 4.61. The molecule has 1 N–H and O–H groups in total. The highest BCUT2D eigenvalue weighted by atomic mass is 32.1. The zero-order chi connectivity index (χ0) is 17.9. The second-order valence-corrected chi connectivity index (χ2v) is 7.37. The van der Waals surface area contributed by atoms with Crippen LogP contribution >= 0.6 is 11.3 Å². The van der Waals surface area contributed by atoms with E-state index in [9.17, 15) is 4.39 Å². The van der Waals surface area contributed by atoms with Crippen LogP contribution in [0.3, 0.4) is 0 Å². The van der Waals surface area contributed by atoms with Crippen molar-refractivity contribution in [3.05, 3.63) is 59.7 Å². The molecule has 6 heteroatoms. The van der Waals surface area contributed by atoms with E-state index in [2.05, 4.69) is 51.4 Å². The topological polar surface area (TPSA) is 31.4 Å². The molecule has 26 heavy (non-hydrogen) atoms. The van der Waals surface area contributed by atoms with Crippen LogP contribution in [0.5, 0.6) is 0 Å². The van der Waals surface area contributed by atoms with Gasteiger partial charge in [0.15, 0.2) is 5.13 Å². The molecule has 0 radical (unpaired) electrons. The summed E-state index contributed by atoms with van der Waals surface area (Å²) in [6.45, 7) is 4.33. The van der Waals surface area contributed by atoms with Gasteiger partial charge in [-0.25, -0.2) is 9.37 Å². The Kier molecular flexibility index (Phi) is 4.86. The molecule has 1 saturated heterocycles. The molecule has 1 aliphatic heterocycles. The highest BCUT2D eigenvalue weighted by molar-refractivity contribution is 7.14. The van der Waals surface area contributed by atoms with E-state index in [1.807, 2.05) is 11.4 Å². The number of likely N-dealkylation sites (N-methyl/N-ethyl adjacent to an activating group) is 1. The van der Waals surface area contributed by atoms with Crippen molar-refractivity contribution in [1.82, 2.24) is 9.88 Å². The first-order chi connectivity index (χ1) is 12.7. The number of thiazole rings is 1. The fraction of sp³-hybridized carbons (Fsp3) is 0.250. The fourth-order valence-electron chi connectivity index (χ4n) is 3.06.